The van der Waals surface area contributed by atoms with Crippen molar-refractivity contribution < 1.29 is 23.4 Å². The average molecular weight is 385 g/mol. The fourth-order valence-electron chi connectivity index (χ4n) is 2.58. The molecule has 0 radical (unpaired) electrons. The van der Waals surface area contributed by atoms with E-state index in [1.165, 1.54) is 28.8 Å². The monoisotopic (exact) mass is 385 g/mol. The number of aromatic nitrogens is 2. The van der Waals surface area contributed by atoms with Gasteiger partial charge in [-0.15, -0.1) is 0 Å². The molecule has 0 atom stereocenters. The van der Waals surface area contributed by atoms with Crippen LogP contribution in [0.25, 0.3) is 0 Å². The van der Waals surface area contributed by atoms with E-state index in [0.717, 1.165) is 12.1 Å². The van der Waals surface area contributed by atoms with Crippen LogP contribution in [0.3, 0.4) is 0 Å². The molecule has 0 fully saturated rings. The summed E-state index contributed by atoms with van der Waals surface area (Å²) in [6, 6.07) is 10.3. The highest BCUT2D eigenvalue weighted by Gasteiger charge is 2.09. The van der Waals surface area contributed by atoms with E-state index in [9.17, 15) is 23.5 Å². The molecule has 0 aliphatic carbocycles. The molecule has 1 aromatic heterocycles. The summed E-state index contributed by atoms with van der Waals surface area (Å²) in [6.45, 7) is 1.60. The highest BCUT2D eigenvalue weighted by molar-refractivity contribution is 5.85. The van der Waals surface area contributed by atoms with Crippen LogP contribution in [0.15, 0.2) is 53.3 Å². The van der Waals surface area contributed by atoms with Crippen molar-refractivity contribution >= 4 is 5.97 Å². The third kappa shape index (κ3) is 4.40. The van der Waals surface area contributed by atoms with Crippen LogP contribution in [0, 0.1) is 18.6 Å². The van der Waals surface area contributed by atoms with E-state index in [1.807, 2.05) is 0 Å². The first-order chi connectivity index (χ1) is 13.3. The van der Waals surface area contributed by atoms with Crippen LogP contribution < -0.4 is 15.4 Å². The molecule has 0 spiro atoms. The number of halogens is 2. The van der Waals surface area contributed by atoms with Crippen molar-refractivity contribution in [3.8, 4) is 5.88 Å². The zero-order valence-corrected chi connectivity index (χ0v) is 14.8. The molecule has 3 rings (SSSR count). The smallest absolute Gasteiger partial charge is 0.257 e. The van der Waals surface area contributed by atoms with Crippen molar-refractivity contribution in [2.24, 2.45) is 0 Å². The number of benzene rings is 2. The average Bonchev–Trinajstić information content (AvgIpc) is 2.64. The van der Waals surface area contributed by atoms with Crippen molar-refractivity contribution in [3.05, 3.63) is 93.0 Å². The first kappa shape index (κ1) is 19.2. The molecular weight excluding hydrogens is 370 g/mol. The maximum atomic E-state index is 13.6. The van der Waals surface area contributed by atoms with Crippen LogP contribution in [0.4, 0.5) is 8.78 Å². The molecule has 8 heteroatoms. The Morgan fingerprint density at radius 2 is 1.86 bits per heavy atom. The number of carboxylic acid groups (broad SMARTS) is 1. The summed E-state index contributed by atoms with van der Waals surface area (Å²) in [6.07, 6.45) is 0. The van der Waals surface area contributed by atoms with E-state index in [0.29, 0.717) is 11.4 Å². The van der Waals surface area contributed by atoms with Gasteiger partial charge in [0, 0.05) is 11.6 Å². The fraction of sp³-hybridized carbons (Fsp3) is 0.150. The normalized spacial score (nSPS) is 10.7. The maximum absolute atomic E-state index is 13.6. The van der Waals surface area contributed by atoms with Gasteiger partial charge in [0.1, 0.15) is 24.1 Å². The quantitative estimate of drug-likeness (QED) is 0.646. The van der Waals surface area contributed by atoms with E-state index < -0.39 is 17.6 Å². The number of carbonyl (C=O) groups is 1. The first-order valence-corrected chi connectivity index (χ1v) is 8.29. The van der Waals surface area contributed by atoms with Gasteiger partial charge in [0.05, 0.1) is 18.6 Å². The largest absolute Gasteiger partial charge is 0.545 e. The Balaban J connectivity index is 1.75. The number of carbonyl (C=O) groups excluding carboxylic acids is 1. The van der Waals surface area contributed by atoms with Gasteiger partial charge >= 0.3 is 0 Å². The molecule has 0 bridgehead atoms. The second-order valence-corrected chi connectivity index (χ2v) is 6.07. The van der Waals surface area contributed by atoms with E-state index in [2.05, 4.69) is 4.98 Å². The molecule has 0 saturated carbocycles. The third-order valence-electron chi connectivity index (χ3n) is 4.10. The van der Waals surface area contributed by atoms with Crippen molar-refractivity contribution in [2.75, 3.05) is 0 Å². The summed E-state index contributed by atoms with van der Waals surface area (Å²) in [7, 11) is 0. The molecule has 6 nitrogen and oxygen atoms in total. The number of carboxylic acids is 1. The van der Waals surface area contributed by atoms with Crippen molar-refractivity contribution in [3.63, 3.8) is 0 Å². The Morgan fingerprint density at radius 3 is 2.46 bits per heavy atom. The van der Waals surface area contributed by atoms with Crippen LogP contribution in [0.2, 0.25) is 0 Å². The zero-order chi connectivity index (χ0) is 20.3. The van der Waals surface area contributed by atoms with Gasteiger partial charge in [-0.3, -0.25) is 9.36 Å². The van der Waals surface area contributed by atoms with Crippen LogP contribution in [0.1, 0.15) is 27.3 Å². The van der Waals surface area contributed by atoms with Gasteiger partial charge in [-0.25, -0.2) is 13.8 Å². The molecule has 3 aromatic rings. The Hall–Kier alpha value is -3.55. The summed E-state index contributed by atoms with van der Waals surface area (Å²) >= 11 is 0. The fourth-order valence-corrected chi connectivity index (χ4v) is 2.58. The minimum Gasteiger partial charge on any atom is -0.545 e. The number of hydrogen-bond donors (Lipinski definition) is 0. The van der Waals surface area contributed by atoms with Crippen LogP contribution >= 0.6 is 0 Å². The predicted molar refractivity (Wildman–Crippen MR) is 93.8 cm³/mol. The molecule has 0 unspecified atom stereocenters. The predicted octanol–water partition coefficient (Wildman–Crippen LogP) is 1.82. The van der Waals surface area contributed by atoms with Crippen molar-refractivity contribution in [1.82, 2.24) is 9.55 Å². The number of nitrogens with zero attached hydrogens (tertiary/aromatic N) is 2. The minimum absolute atomic E-state index is 0.0229. The molecular formula is C20H15F2N2O4-. The number of hydrogen-bond acceptors (Lipinski definition) is 5. The molecule has 28 heavy (non-hydrogen) atoms. The van der Waals surface area contributed by atoms with Gasteiger partial charge in [0.15, 0.2) is 0 Å². The lowest BCUT2D eigenvalue weighted by Crippen LogP contribution is -2.24. The summed E-state index contributed by atoms with van der Waals surface area (Å²) in [5.41, 5.74) is 0.505. The molecule has 0 aliphatic heterocycles. The Kier molecular flexibility index (Phi) is 5.49. The first-order valence-electron chi connectivity index (χ1n) is 8.29. The van der Waals surface area contributed by atoms with Crippen molar-refractivity contribution in [1.29, 1.82) is 0 Å². The van der Waals surface area contributed by atoms with Crippen molar-refractivity contribution in [2.45, 2.75) is 20.1 Å². The lowest BCUT2D eigenvalue weighted by atomic mass is 10.1. The molecule has 0 saturated heterocycles. The SMILES string of the molecule is Cc1nc(OCc2ccc(F)cc2F)cc(=O)n1Cc1ccc(C(=O)[O-])cc1. The molecule has 0 amide bonds. The standard InChI is InChI=1S/C20H16F2N2O4/c1-12-23-18(28-11-15-6-7-16(21)8-17(15)22)9-19(25)24(12)10-13-2-4-14(5-3-13)20(26)27/h2-9H,10-11H2,1H3,(H,26,27)/p-1. The van der Waals surface area contributed by atoms with Crippen LogP contribution in [-0.4, -0.2) is 15.5 Å². The van der Waals surface area contributed by atoms with E-state index >= 15 is 0 Å². The Bertz CT molecular complexity index is 1080. The van der Waals surface area contributed by atoms with Gasteiger partial charge in [0.25, 0.3) is 5.56 Å². The van der Waals surface area contributed by atoms with Crippen LogP contribution in [-0.2, 0) is 13.2 Å². The second-order valence-electron chi connectivity index (χ2n) is 6.07. The van der Waals surface area contributed by atoms with Gasteiger partial charge in [-0.2, -0.15) is 0 Å². The topological polar surface area (TPSA) is 84.2 Å². The summed E-state index contributed by atoms with van der Waals surface area (Å²) in [5, 5.41) is 10.8. The summed E-state index contributed by atoms with van der Waals surface area (Å²) in [4.78, 5) is 27.3. The van der Waals surface area contributed by atoms with E-state index in [-0.39, 0.29) is 35.7 Å². The van der Waals surface area contributed by atoms with Gasteiger partial charge in [0.2, 0.25) is 5.88 Å². The number of aromatic carboxylic acids is 1. The molecule has 1 heterocycles. The lowest BCUT2D eigenvalue weighted by Gasteiger charge is -2.12. The van der Waals surface area contributed by atoms with Gasteiger partial charge in [-0.1, -0.05) is 24.3 Å². The highest BCUT2D eigenvalue weighted by Crippen LogP contribution is 2.14. The molecule has 2 aromatic carbocycles. The van der Waals surface area contributed by atoms with E-state index in [1.54, 1.807) is 19.1 Å². The van der Waals surface area contributed by atoms with Crippen LogP contribution in [0.5, 0.6) is 5.88 Å². The number of aryl methyl sites for hydroxylation is 1. The third-order valence-corrected chi connectivity index (χ3v) is 4.10. The van der Waals surface area contributed by atoms with E-state index in [4.69, 9.17) is 4.74 Å². The molecule has 144 valence electrons. The van der Waals surface area contributed by atoms with Gasteiger partial charge < -0.3 is 14.6 Å². The highest BCUT2D eigenvalue weighted by atomic mass is 19.1. The molecule has 0 N–H and O–H groups in total. The maximum Gasteiger partial charge on any atom is 0.257 e. The summed E-state index contributed by atoms with van der Waals surface area (Å²) in [5.74, 6) is -2.32. The Morgan fingerprint density at radius 1 is 1.14 bits per heavy atom. The Labute approximate surface area is 158 Å². The minimum atomic E-state index is -1.28. The van der Waals surface area contributed by atoms with Gasteiger partial charge in [-0.05, 0) is 30.2 Å². The summed E-state index contributed by atoms with van der Waals surface area (Å²) < 4.78 is 33.3. The lowest BCUT2D eigenvalue weighted by molar-refractivity contribution is -0.255. The zero-order valence-electron chi connectivity index (χ0n) is 14.8. The second kappa shape index (κ2) is 7.99. The molecule has 0 aliphatic rings. The number of rotatable bonds is 6. The number of ether oxygens (including phenoxy) is 1.